The fraction of sp³-hybridized carbons (Fsp3) is 0.423. The molecule has 0 amide bonds. The maximum atomic E-state index is 13.4. The van der Waals surface area contributed by atoms with Gasteiger partial charge in [-0.15, -0.1) is 0 Å². The number of morpholine rings is 1. The van der Waals surface area contributed by atoms with Crippen molar-refractivity contribution in [3.8, 4) is 11.6 Å². The Morgan fingerprint density at radius 2 is 1.97 bits per heavy atom. The van der Waals surface area contributed by atoms with E-state index in [2.05, 4.69) is 15.0 Å². The number of nitro groups is 1. The van der Waals surface area contributed by atoms with E-state index in [0.29, 0.717) is 24.8 Å². The van der Waals surface area contributed by atoms with Crippen LogP contribution in [0.25, 0.3) is 10.9 Å². The maximum Gasteiger partial charge on any atom is 0.324 e. The predicted molar refractivity (Wildman–Crippen MR) is 142 cm³/mol. The molecule has 4 aromatic rings. The molecule has 1 saturated carbocycles. The number of rotatable bonds is 8. The standard InChI is InChI=1S/C26H27FN6O5S/c27-17-13-29-32(15-17)18-1-3-19(4-2-18)38-26-22-11-20(37-16-21-5-6-25(39-21)33(34)35)14-28-23(22)12-24(30-26)31-7-9-36-10-8-31/h5-6,11-15,18-19H,1-4,7-10,16H2/t18-,19+. The molecule has 39 heavy (non-hydrogen) atoms. The molecule has 1 saturated heterocycles. The summed E-state index contributed by atoms with van der Waals surface area (Å²) in [4.78, 5) is 23.0. The van der Waals surface area contributed by atoms with Crippen molar-refractivity contribution in [1.82, 2.24) is 19.7 Å². The van der Waals surface area contributed by atoms with Crippen LogP contribution in [0, 0.1) is 15.9 Å². The molecule has 0 unspecified atom stereocenters. The number of halogens is 1. The van der Waals surface area contributed by atoms with Gasteiger partial charge in [-0.1, -0.05) is 11.3 Å². The van der Waals surface area contributed by atoms with E-state index in [-0.39, 0.29) is 29.6 Å². The molecule has 1 aliphatic carbocycles. The summed E-state index contributed by atoms with van der Waals surface area (Å²) in [6, 6.07) is 7.11. The Bertz CT molecular complexity index is 1460. The Hall–Kier alpha value is -3.84. The summed E-state index contributed by atoms with van der Waals surface area (Å²) in [6.45, 7) is 2.93. The first-order valence-electron chi connectivity index (χ1n) is 12.9. The number of thiophene rings is 1. The van der Waals surface area contributed by atoms with E-state index in [1.807, 2.05) is 12.1 Å². The number of nitrogens with zero attached hydrogens (tertiary/aromatic N) is 6. The van der Waals surface area contributed by atoms with Crippen LogP contribution >= 0.6 is 11.3 Å². The van der Waals surface area contributed by atoms with Gasteiger partial charge in [-0.25, -0.2) is 4.39 Å². The quantitative estimate of drug-likeness (QED) is 0.221. The Morgan fingerprint density at radius 3 is 2.69 bits per heavy atom. The fourth-order valence-electron chi connectivity index (χ4n) is 4.98. The summed E-state index contributed by atoms with van der Waals surface area (Å²) < 4.78 is 33.1. The minimum atomic E-state index is -0.409. The molecular weight excluding hydrogens is 527 g/mol. The normalized spacial score (nSPS) is 19.8. The molecule has 4 aromatic heterocycles. The average Bonchev–Trinajstić information content (AvgIpc) is 3.62. The van der Waals surface area contributed by atoms with Gasteiger partial charge >= 0.3 is 5.00 Å². The monoisotopic (exact) mass is 554 g/mol. The van der Waals surface area contributed by atoms with Crippen LogP contribution in [-0.2, 0) is 11.3 Å². The molecule has 5 heterocycles. The highest BCUT2D eigenvalue weighted by Crippen LogP contribution is 2.35. The number of ether oxygens (including phenoxy) is 3. The summed E-state index contributed by atoms with van der Waals surface area (Å²) in [5.74, 6) is 1.47. The second-order valence-electron chi connectivity index (χ2n) is 9.60. The Labute approximate surface area is 227 Å². The second-order valence-corrected chi connectivity index (χ2v) is 10.7. The van der Waals surface area contributed by atoms with Crippen molar-refractivity contribution in [2.24, 2.45) is 0 Å². The first-order chi connectivity index (χ1) is 19.0. The number of fused-ring (bicyclic) bond motifs is 1. The lowest BCUT2D eigenvalue weighted by Gasteiger charge is -2.30. The Morgan fingerprint density at radius 1 is 1.15 bits per heavy atom. The van der Waals surface area contributed by atoms with Crippen molar-refractivity contribution < 1.29 is 23.5 Å². The van der Waals surface area contributed by atoms with Crippen LogP contribution in [0.2, 0.25) is 0 Å². The minimum Gasteiger partial charge on any atom is -0.486 e. The largest absolute Gasteiger partial charge is 0.486 e. The van der Waals surface area contributed by atoms with Crippen molar-refractivity contribution in [1.29, 1.82) is 0 Å². The summed E-state index contributed by atoms with van der Waals surface area (Å²) >= 11 is 1.08. The molecule has 6 rings (SSSR count). The van der Waals surface area contributed by atoms with E-state index in [1.165, 1.54) is 18.5 Å². The average molecular weight is 555 g/mol. The lowest BCUT2D eigenvalue weighted by atomic mass is 9.93. The molecule has 0 aromatic carbocycles. The maximum absolute atomic E-state index is 13.4. The Balaban J connectivity index is 1.22. The van der Waals surface area contributed by atoms with Gasteiger partial charge in [0.25, 0.3) is 0 Å². The van der Waals surface area contributed by atoms with Crippen LogP contribution in [0.4, 0.5) is 15.2 Å². The number of hydrogen-bond acceptors (Lipinski definition) is 10. The molecule has 0 N–H and O–H groups in total. The third-order valence-corrected chi connectivity index (χ3v) is 8.03. The molecule has 204 valence electrons. The topological polar surface area (TPSA) is 118 Å². The summed E-state index contributed by atoms with van der Waals surface area (Å²) in [7, 11) is 0. The molecule has 13 heteroatoms. The van der Waals surface area contributed by atoms with Gasteiger partial charge in [0.2, 0.25) is 5.88 Å². The summed E-state index contributed by atoms with van der Waals surface area (Å²) in [6.07, 6.45) is 7.50. The molecule has 0 atom stereocenters. The van der Waals surface area contributed by atoms with Crippen LogP contribution in [-0.4, -0.2) is 57.1 Å². The van der Waals surface area contributed by atoms with Gasteiger partial charge < -0.3 is 19.1 Å². The summed E-state index contributed by atoms with van der Waals surface area (Å²) in [5.41, 5.74) is 0.737. The first-order valence-corrected chi connectivity index (χ1v) is 13.7. The number of aromatic nitrogens is 4. The number of hydrogen-bond donors (Lipinski definition) is 0. The summed E-state index contributed by atoms with van der Waals surface area (Å²) in [5, 5.41) is 15.9. The lowest BCUT2D eigenvalue weighted by Crippen LogP contribution is -2.36. The third kappa shape index (κ3) is 5.78. The highest BCUT2D eigenvalue weighted by Gasteiger charge is 2.26. The number of anilines is 1. The van der Waals surface area contributed by atoms with E-state index in [9.17, 15) is 14.5 Å². The molecule has 11 nitrogen and oxygen atoms in total. The van der Waals surface area contributed by atoms with Gasteiger partial charge in [0, 0.05) is 30.1 Å². The van der Waals surface area contributed by atoms with Gasteiger partial charge in [-0.05, 0) is 37.8 Å². The molecule has 1 aliphatic heterocycles. The van der Waals surface area contributed by atoms with Crippen LogP contribution in [0.5, 0.6) is 11.6 Å². The molecule has 0 bridgehead atoms. The molecule has 2 fully saturated rings. The molecule has 2 aliphatic rings. The minimum absolute atomic E-state index is 0.0476. The second kappa shape index (κ2) is 11.1. The first kappa shape index (κ1) is 25.4. The highest BCUT2D eigenvalue weighted by molar-refractivity contribution is 7.15. The lowest BCUT2D eigenvalue weighted by molar-refractivity contribution is -0.380. The zero-order valence-corrected chi connectivity index (χ0v) is 21.9. The van der Waals surface area contributed by atoms with Crippen LogP contribution in [0.3, 0.4) is 0 Å². The Kier molecular flexibility index (Phi) is 7.24. The van der Waals surface area contributed by atoms with Gasteiger partial charge in [0.05, 0.1) is 53.7 Å². The zero-order chi connectivity index (χ0) is 26.8. The van der Waals surface area contributed by atoms with Crippen molar-refractivity contribution in [2.75, 3.05) is 31.2 Å². The van der Waals surface area contributed by atoms with Gasteiger partial charge in [-0.3, -0.25) is 19.8 Å². The number of pyridine rings is 2. The van der Waals surface area contributed by atoms with Crippen molar-refractivity contribution >= 4 is 33.1 Å². The van der Waals surface area contributed by atoms with Gasteiger partial charge in [-0.2, -0.15) is 10.1 Å². The van der Waals surface area contributed by atoms with Crippen molar-refractivity contribution in [2.45, 2.75) is 44.4 Å². The smallest absolute Gasteiger partial charge is 0.324 e. The molecule has 0 radical (unpaired) electrons. The fourth-order valence-corrected chi connectivity index (χ4v) is 5.71. The van der Waals surface area contributed by atoms with E-state index in [0.717, 1.165) is 71.7 Å². The van der Waals surface area contributed by atoms with Crippen molar-refractivity contribution in [3.05, 3.63) is 63.7 Å². The van der Waals surface area contributed by atoms with Crippen molar-refractivity contribution in [3.63, 3.8) is 0 Å². The third-order valence-electron chi connectivity index (χ3n) is 7.02. The van der Waals surface area contributed by atoms with E-state index in [4.69, 9.17) is 19.2 Å². The van der Waals surface area contributed by atoms with Gasteiger partial charge in [0.1, 0.15) is 24.3 Å². The SMILES string of the molecule is O=[N+]([O-])c1ccc(COc2cnc3cc(N4CCOCC4)nc(O[C@H]4CC[C@@H](n5cc(F)cn5)CC4)c3c2)s1. The molecule has 0 spiro atoms. The van der Waals surface area contributed by atoms with E-state index < -0.39 is 4.92 Å². The zero-order valence-electron chi connectivity index (χ0n) is 21.1. The van der Waals surface area contributed by atoms with E-state index >= 15 is 0 Å². The van der Waals surface area contributed by atoms with E-state index in [1.54, 1.807) is 16.9 Å². The molecular formula is C26H27FN6O5S. The van der Waals surface area contributed by atoms with Crippen LogP contribution < -0.4 is 14.4 Å². The van der Waals surface area contributed by atoms with Crippen LogP contribution in [0.15, 0.2) is 42.9 Å². The predicted octanol–water partition coefficient (Wildman–Crippen LogP) is 4.91. The van der Waals surface area contributed by atoms with Gasteiger partial charge in [0.15, 0.2) is 5.82 Å². The van der Waals surface area contributed by atoms with Crippen LogP contribution in [0.1, 0.15) is 36.6 Å². The highest BCUT2D eigenvalue weighted by atomic mass is 32.1.